The Balaban J connectivity index is 1.35. The molecular formula is C21H25N3O3. The van der Waals surface area contributed by atoms with Crippen LogP contribution in [0.15, 0.2) is 48.5 Å². The molecule has 27 heavy (non-hydrogen) atoms. The third-order valence-electron chi connectivity index (χ3n) is 4.45. The van der Waals surface area contributed by atoms with Crippen molar-refractivity contribution in [3.8, 4) is 5.75 Å². The number of hydrogen-bond donors (Lipinski definition) is 3. The summed E-state index contributed by atoms with van der Waals surface area (Å²) < 4.78 is 5.13. The van der Waals surface area contributed by atoms with Crippen LogP contribution in [0.4, 0.5) is 11.4 Å². The molecule has 0 heterocycles. The Bertz CT molecular complexity index is 768. The predicted molar refractivity (Wildman–Crippen MR) is 106 cm³/mol. The Morgan fingerprint density at radius 1 is 1.00 bits per heavy atom. The zero-order chi connectivity index (χ0) is 19.1. The number of ether oxygens (including phenoxy) is 1. The van der Waals surface area contributed by atoms with Crippen LogP contribution in [-0.2, 0) is 16.0 Å². The highest BCUT2D eigenvalue weighted by atomic mass is 16.5. The first-order valence-corrected chi connectivity index (χ1v) is 9.18. The number of hydrogen-bond acceptors (Lipinski definition) is 4. The molecule has 0 unspecified atom stereocenters. The van der Waals surface area contributed by atoms with Gasteiger partial charge in [-0.3, -0.25) is 9.59 Å². The molecule has 0 aliphatic heterocycles. The van der Waals surface area contributed by atoms with Crippen LogP contribution in [0.3, 0.4) is 0 Å². The second kappa shape index (κ2) is 9.07. The highest BCUT2D eigenvalue weighted by molar-refractivity contribution is 5.94. The summed E-state index contributed by atoms with van der Waals surface area (Å²) in [5.74, 6) is 1.04. The lowest BCUT2D eigenvalue weighted by Gasteiger charge is -2.09. The smallest absolute Gasteiger partial charge is 0.239 e. The van der Waals surface area contributed by atoms with Gasteiger partial charge in [-0.05, 0) is 61.2 Å². The Labute approximate surface area is 159 Å². The summed E-state index contributed by atoms with van der Waals surface area (Å²) in [7, 11) is 1.64. The number of rotatable bonds is 9. The lowest BCUT2D eigenvalue weighted by molar-refractivity contribution is -0.119. The van der Waals surface area contributed by atoms with Crippen molar-refractivity contribution in [2.24, 2.45) is 5.92 Å². The molecule has 0 bridgehead atoms. The molecule has 2 aromatic rings. The molecule has 0 saturated heterocycles. The van der Waals surface area contributed by atoms with Crippen LogP contribution in [0.5, 0.6) is 5.75 Å². The first kappa shape index (κ1) is 18.8. The van der Waals surface area contributed by atoms with Gasteiger partial charge in [0.1, 0.15) is 5.75 Å². The van der Waals surface area contributed by atoms with Crippen molar-refractivity contribution in [2.75, 3.05) is 30.8 Å². The summed E-state index contributed by atoms with van der Waals surface area (Å²) in [5, 5.41) is 8.87. The molecule has 3 N–H and O–H groups in total. The highest BCUT2D eigenvalue weighted by Gasteiger charge is 2.29. The van der Waals surface area contributed by atoms with E-state index in [4.69, 9.17) is 4.74 Å². The summed E-state index contributed by atoms with van der Waals surface area (Å²) >= 11 is 0. The maximum atomic E-state index is 12.0. The van der Waals surface area contributed by atoms with E-state index in [0.717, 1.165) is 42.0 Å². The normalized spacial score (nSPS) is 12.9. The van der Waals surface area contributed by atoms with E-state index in [-0.39, 0.29) is 24.3 Å². The van der Waals surface area contributed by atoms with Gasteiger partial charge >= 0.3 is 0 Å². The maximum absolute atomic E-state index is 12.0. The number of benzene rings is 2. The summed E-state index contributed by atoms with van der Waals surface area (Å²) in [5.41, 5.74) is 2.76. The summed E-state index contributed by atoms with van der Waals surface area (Å²) in [6, 6.07) is 15.2. The third-order valence-corrected chi connectivity index (χ3v) is 4.45. The Hall–Kier alpha value is -3.02. The molecule has 1 aliphatic carbocycles. The van der Waals surface area contributed by atoms with E-state index in [1.165, 1.54) is 0 Å². The van der Waals surface area contributed by atoms with Gasteiger partial charge in [-0.1, -0.05) is 12.1 Å². The Morgan fingerprint density at radius 3 is 2.30 bits per heavy atom. The van der Waals surface area contributed by atoms with Gasteiger partial charge in [0.05, 0.1) is 13.7 Å². The van der Waals surface area contributed by atoms with Crippen LogP contribution >= 0.6 is 0 Å². The van der Waals surface area contributed by atoms with E-state index in [0.29, 0.717) is 6.54 Å². The van der Waals surface area contributed by atoms with E-state index < -0.39 is 0 Å². The van der Waals surface area contributed by atoms with Gasteiger partial charge < -0.3 is 20.7 Å². The molecule has 0 radical (unpaired) electrons. The third kappa shape index (κ3) is 6.02. The molecular weight excluding hydrogens is 342 g/mol. The Morgan fingerprint density at radius 2 is 1.67 bits per heavy atom. The minimum atomic E-state index is -0.0605. The van der Waals surface area contributed by atoms with Gasteiger partial charge in [-0.15, -0.1) is 0 Å². The molecule has 6 heteroatoms. The van der Waals surface area contributed by atoms with Crippen LogP contribution in [-0.4, -0.2) is 32.0 Å². The van der Waals surface area contributed by atoms with Gasteiger partial charge in [-0.2, -0.15) is 0 Å². The molecule has 6 nitrogen and oxygen atoms in total. The van der Waals surface area contributed by atoms with Crippen molar-refractivity contribution < 1.29 is 14.3 Å². The standard InChI is InChI=1S/C21H25N3O3/c1-27-19-10-2-15(3-11-19)12-13-22-20(25)14-23-17-6-8-18(9-7-17)24-21(26)16-4-5-16/h2-3,6-11,16,23H,4-5,12-14H2,1H3,(H,22,25)(H,24,26). The quantitative estimate of drug-likeness (QED) is 0.637. The maximum Gasteiger partial charge on any atom is 0.239 e. The van der Waals surface area contributed by atoms with Crippen LogP contribution in [0.25, 0.3) is 0 Å². The van der Waals surface area contributed by atoms with Crippen molar-refractivity contribution in [1.29, 1.82) is 0 Å². The van der Waals surface area contributed by atoms with Crippen LogP contribution in [0.1, 0.15) is 18.4 Å². The monoisotopic (exact) mass is 367 g/mol. The van der Waals surface area contributed by atoms with E-state index in [2.05, 4.69) is 16.0 Å². The fraction of sp³-hybridized carbons (Fsp3) is 0.333. The van der Waals surface area contributed by atoms with Gasteiger partial charge in [-0.25, -0.2) is 0 Å². The van der Waals surface area contributed by atoms with Crippen LogP contribution in [0.2, 0.25) is 0 Å². The first-order valence-electron chi connectivity index (χ1n) is 9.18. The molecule has 0 atom stereocenters. The lowest BCUT2D eigenvalue weighted by Crippen LogP contribution is -2.31. The minimum absolute atomic E-state index is 0.0605. The van der Waals surface area contributed by atoms with E-state index in [1.54, 1.807) is 7.11 Å². The van der Waals surface area contributed by atoms with Crippen LogP contribution < -0.4 is 20.7 Å². The number of methoxy groups -OCH3 is 1. The molecule has 1 fully saturated rings. The second-order valence-corrected chi connectivity index (χ2v) is 6.64. The number of nitrogens with one attached hydrogen (secondary N) is 3. The highest BCUT2D eigenvalue weighted by Crippen LogP contribution is 2.30. The van der Waals surface area contributed by atoms with Gasteiger partial charge in [0.2, 0.25) is 11.8 Å². The summed E-state index contributed by atoms with van der Waals surface area (Å²) in [6.07, 6.45) is 2.74. The number of carbonyl (C=O) groups excluding carboxylic acids is 2. The Kier molecular flexibility index (Phi) is 6.30. The van der Waals surface area contributed by atoms with Crippen LogP contribution in [0, 0.1) is 5.92 Å². The zero-order valence-corrected chi connectivity index (χ0v) is 15.5. The minimum Gasteiger partial charge on any atom is -0.497 e. The van der Waals surface area contributed by atoms with Gasteiger partial charge in [0.15, 0.2) is 0 Å². The van der Waals surface area contributed by atoms with Crippen molar-refractivity contribution in [3.05, 3.63) is 54.1 Å². The molecule has 1 aliphatic rings. The van der Waals surface area contributed by atoms with Crippen molar-refractivity contribution in [3.63, 3.8) is 0 Å². The molecule has 2 aromatic carbocycles. The molecule has 0 aromatic heterocycles. The van der Waals surface area contributed by atoms with E-state index in [9.17, 15) is 9.59 Å². The fourth-order valence-electron chi connectivity index (χ4n) is 2.64. The predicted octanol–water partition coefficient (Wildman–Crippen LogP) is 2.81. The fourth-order valence-corrected chi connectivity index (χ4v) is 2.64. The van der Waals surface area contributed by atoms with Gasteiger partial charge in [0.25, 0.3) is 0 Å². The SMILES string of the molecule is COc1ccc(CCNC(=O)CNc2ccc(NC(=O)C3CC3)cc2)cc1. The van der Waals surface area contributed by atoms with Crippen molar-refractivity contribution >= 4 is 23.2 Å². The molecule has 3 rings (SSSR count). The topological polar surface area (TPSA) is 79.5 Å². The van der Waals surface area contributed by atoms with E-state index in [1.807, 2.05) is 48.5 Å². The molecule has 142 valence electrons. The number of amides is 2. The summed E-state index contributed by atoms with van der Waals surface area (Å²) in [4.78, 5) is 23.7. The average Bonchev–Trinajstić information content (AvgIpc) is 3.53. The number of anilines is 2. The van der Waals surface area contributed by atoms with Gasteiger partial charge in [0, 0.05) is 23.8 Å². The van der Waals surface area contributed by atoms with E-state index >= 15 is 0 Å². The molecule has 0 spiro atoms. The van der Waals surface area contributed by atoms with Crippen molar-refractivity contribution in [1.82, 2.24) is 5.32 Å². The largest absolute Gasteiger partial charge is 0.497 e. The van der Waals surface area contributed by atoms with Crippen molar-refractivity contribution in [2.45, 2.75) is 19.3 Å². The average molecular weight is 367 g/mol. The summed E-state index contributed by atoms with van der Waals surface area (Å²) in [6.45, 7) is 0.787. The molecule has 2 amide bonds. The zero-order valence-electron chi connectivity index (χ0n) is 15.5. The lowest BCUT2D eigenvalue weighted by atomic mass is 10.1. The second-order valence-electron chi connectivity index (χ2n) is 6.64. The number of carbonyl (C=O) groups is 2. The first-order chi connectivity index (χ1) is 13.1. The molecule has 1 saturated carbocycles.